The van der Waals surface area contributed by atoms with Gasteiger partial charge in [-0.1, -0.05) is 6.92 Å². The lowest BCUT2D eigenvalue weighted by molar-refractivity contribution is 0.752. The molecule has 0 atom stereocenters. The van der Waals surface area contributed by atoms with Gasteiger partial charge in [0, 0.05) is 23.0 Å². The predicted molar refractivity (Wildman–Crippen MR) is 52.7 cm³/mol. The average molecular weight is 180 g/mol. The molecule has 2 aromatic rings. The highest BCUT2D eigenvalue weighted by molar-refractivity contribution is 7.18. The summed E-state index contributed by atoms with van der Waals surface area (Å²) in [6, 6.07) is 2.25. The average Bonchev–Trinajstić information content (AvgIpc) is 2.55. The summed E-state index contributed by atoms with van der Waals surface area (Å²) >= 11 is 1.80. The molecule has 0 aromatic carbocycles. The Bertz CT molecular complexity index is 411. The van der Waals surface area contributed by atoms with E-state index >= 15 is 0 Å². The van der Waals surface area contributed by atoms with Crippen LogP contribution in [0.4, 0.5) is 0 Å². The summed E-state index contributed by atoms with van der Waals surface area (Å²) in [5, 5.41) is 5.74. The maximum Gasteiger partial charge on any atom is 0.145 e. The number of thiophene rings is 1. The van der Waals surface area contributed by atoms with Gasteiger partial charge in [-0.05, 0) is 19.4 Å². The normalized spacial score (nSPS) is 11.2. The molecule has 0 saturated carbocycles. The van der Waals surface area contributed by atoms with Crippen LogP contribution in [0.15, 0.2) is 6.07 Å². The third-order valence-electron chi connectivity index (χ3n) is 2.23. The van der Waals surface area contributed by atoms with Gasteiger partial charge < -0.3 is 0 Å². The second-order valence-corrected chi connectivity index (χ2v) is 4.11. The summed E-state index contributed by atoms with van der Waals surface area (Å²) in [5.74, 6) is 0. The van der Waals surface area contributed by atoms with Crippen molar-refractivity contribution in [3.05, 3.63) is 16.6 Å². The Balaban J connectivity index is 2.71. The van der Waals surface area contributed by atoms with Crippen LogP contribution in [0.25, 0.3) is 10.2 Å². The molecule has 0 N–H and O–H groups in total. The molecule has 64 valence electrons. The molecule has 0 bridgehead atoms. The van der Waals surface area contributed by atoms with E-state index in [1.165, 1.54) is 20.8 Å². The summed E-state index contributed by atoms with van der Waals surface area (Å²) < 4.78 is 1.95. The zero-order chi connectivity index (χ0) is 8.72. The molecule has 12 heavy (non-hydrogen) atoms. The lowest BCUT2D eigenvalue weighted by Gasteiger charge is -1.91. The first-order chi connectivity index (χ1) is 5.72. The van der Waals surface area contributed by atoms with Crippen LogP contribution in [0, 0.1) is 6.92 Å². The first-order valence-electron chi connectivity index (χ1n) is 4.14. The fourth-order valence-corrected chi connectivity index (χ4v) is 2.37. The topological polar surface area (TPSA) is 17.8 Å². The molecule has 0 radical (unpaired) electrons. The quantitative estimate of drug-likeness (QED) is 0.659. The molecule has 2 nitrogen and oxygen atoms in total. The predicted octanol–water partition coefficient (Wildman–Crippen LogP) is 2.51. The molecule has 0 aliphatic carbocycles. The Morgan fingerprint density at radius 2 is 2.33 bits per heavy atom. The van der Waals surface area contributed by atoms with Crippen molar-refractivity contribution in [2.75, 3.05) is 0 Å². The van der Waals surface area contributed by atoms with Gasteiger partial charge in [0.2, 0.25) is 0 Å². The molecule has 0 unspecified atom stereocenters. The van der Waals surface area contributed by atoms with Gasteiger partial charge in [0.1, 0.15) is 4.83 Å². The van der Waals surface area contributed by atoms with Crippen LogP contribution in [0.1, 0.15) is 17.5 Å². The van der Waals surface area contributed by atoms with Gasteiger partial charge >= 0.3 is 0 Å². The van der Waals surface area contributed by atoms with Crippen LogP contribution in [0.2, 0.25) is 0 Å². The number of aromatic nitrogens is 2. The van der Waals surface area contributed by atoms with Crippen molar-refractivity contribution in [3.8, 4) is 0 Å². The standard InChI is InChI=1S/C9H12N2S/c1-4-7-5-8-6(2)11(3)10-9(8)12-7/h5H,4H2,1-3H3. The van der Waals surface area contributed by atoms with Crippen molar-refractivity contribution < 1.29 is 0 Å². The number of hydrogen-bond acceptors (Lipinski definition) is 2. The molecule has 2 aromatic heterocycles. The van der Waals surface area contributed by atoms with Gasteiger partial charge in [-0.2, -0.15) is 5.10 Å². The maximum atomic E-state index is 4.42. The Hall–Kier alpha value is -0.830. The van der Waals surface area contributed by atoms with E-state index in [4.69, 9.17) is 0 Å². The molecule has 2 heterocycles. The van der Waals surface area contributed by atoms with E-state index in [0.717, 1.165) is 6.42 Å². The van der Waals surface area contributed by atoms with E-state index in [2.05, 4.69) is 25.0 Å². The minimum absolute atomic E-state index is 1.12. The lowest BCUT2D eigenvalue weighted by Crippen LogP contribution is -1.91. The smallest absolute Gasteiger partial charge is 0.145 e. The third-order valence-corrected chi connectivity index (χ3v) is 3.39. The number of hydrogen-bond donors (Lipinski definition) is 0. The Morgan fingerprint density at radius 1 is 1.58 bits per heavy atom. The van der Waals surface area contributed by atoms with Crippen LogP contribution >= 0.6 is 11.3 Å². The molecule has 3 heteroatoms. The summed E-state index contributed by atoms with van der Waals surface area (Å²) in [5.41, 5.74) is 1.26. The highest BCUT2D eigenvalue weighted by atomic mass is 32.1. The molecular weight excluding hydrogens is 168 g/mol. The number of aryl methyl sites for hydroxylation is 3. The van der Waals surface area contributed by atoms with Crippen molar-refractivity contribution in [2.45, 2.75) is 20.3 Å². The van der Waals surface area contributed by atoms with Gasteiger partial charge in [0.15, 0.2) is 0 Å². The second kappa shape index (κ2) is 2.59. The Kier molecular flexibility index (Phi) is 1.68. The minimum atomic E-state index is 1.12. The van der Waals surface area contributed by atoms with Crippen molar-refractivity contribution >= 4 is 21.6 Å². The van der Waals surface area contributed by atoms with Gasteiger partial charge in [-0.25, -0.2) is 0 Å². The van der Waals surface area contributed by atoms with Gasteiger partial charge in [-0.3, -0.25) is 4.68 Å². The summed E-state index contributed by atoms with van der Waals surface area (Å²) in [6.07, 6.45) is 1.12. The van der Waals surface area contributed by atoms with E-state index in [1.54, 1.807) is 11.3 Å². The molecule has 0 saturated heterocycles. The van der Waals surface area contributed by atoms with Crippen LogP contribution in [0.5, 0.6) is 0 Å². The van der Waals surface area contributed by atoms with Crippen molar-refractivity contribution in [3.63, 3.8) is 0 Å². The van der Waals surface area contributed by atoms with Crippen LogP contribution in [0.3, 0.4) is 0 Å². The zero-order valence-electron chi connectivity index (χ0n) is 7.59. The van der Waals surface area contributed by atoms with E-state index in [-0.39, 0.29) is 0 Å². The Labute approximate surface area is 75.8 Å². The fraction of sp³-hybridized carbons (Fsp3) is 0.444. The van der Waals surface area contributed by atoms with E-state index in [9.17, 15) is 0 Å². The zero-order valence-corrected chi connectivity index (χ0v) is 8.40. The second-order valence-electron chi connectivity index (χ2n) is 2.99. The van der Waals surface area contributed by atoms with Gasteiger partial charge in [0.05, 0.1) is 0 Å². The lowest BCUT2D eigenvalue weighted by atomic mass is 10.3. The number of fused-ring (bicyclic) bond motifs is 1. The van der Waals surface area contributed by atoms with E-state index < -0.39 is 0 Å². The highest BCUT2D eigenvalue weighted by Crippen LogP contribution is 2.26. The molecule has 0 amide bonds. The number of rotatable bonds is 1. The van der Waals surface area contributed by atoms with Crippen LogP contribution in [-0.2, 0) is 13.5 Å². The molecule has 0 aliphatic heterocycles. The summed E-state index contributed by atoms with van der Waals surface area (Å²) in [7, 11) is 1.99. The van der Waals surface area contributed by atoms with Gasteiger partial charge in [-0.15, -0.1) is 11.3 Å². The molecule has 2 rings (SSSR count). The largest absolute Gasteiger partial charge is 0.271 e. The van der Waals surface area contributed by atoms with Crippen LogP contribution < -0.4 is 0 Å². The molecule has 0 spiro atoms. The number of nitrogens with zero attached hydrogens (tertiary/aromatic N) is 2. The molecule has 0 aliphatic rings. The van der Waals surface area contributed by atoms with E-state index in [1.807, 2.05) is 11.7 Å². The van der Waals surface area contributed by atoms with Crippen molar-refractivity contribution in [1.82, 2.24) is 9.78 Å². The maximum absolute atomic E-state index is 4.42. The van der Waals surface area contributed by atoms with Crippen molar-refractivity contribution in [2.24, 2.45) is 7.05 Å². The van der Waals surface area contributed by atoms with Crippen molar-refractivity contribution in [1.29, 1.82) is 0 Å². The SMILES string of the molecule is CCc1cc2c(C)n(C)nc2s1. The van der Waals surface area contributed by atoms with Gasteiger partial charge in [0.25, 0.3) is 0 Å². The van der Waals surface area contributed by atoms with E-state index in [0.29, 0.717) is 0 Å². The monoisotopic (exact) mass is 180 g/mol. The fourth-order valence-electron chi connectivity index (χ4n) is 1.32. The molecule has 0 fully saturated rings. The van der Waals surface area contributed by atoms with Crippen LogP contribution in [-0.4, -0.2) is 9.78 Å². The molecular formula is C9H12N2S. The Morgan fingerprint density at radius 3 is 2.92 bits per heavy atom. The minimum Gasteiger partial charge on any atom is -0.271 e. The third kappa shape index (κ3) is 0.966. The summed E-state index contributed by atoms with van der Waals surface area (Å²) in [4.78, 5) is 2.60. The highest BCUT2D eigenvalue weighted by Gasteiger charge is 2.07. The first kappa shape index (κ1) is 7.80. The first-order valence-corrected chi connectivity index (χ1v) is 4.96. The summed E-state index contributed by atoms with van der Waals surface area (Å²) in [6.45, 7) is 4.29.